The predicted octanol–water partition coefficient (Wildman–Crippen LogP) is 2.19. The Hall–Kier alpha value is -2.24. The van der Waals surface area contributed by atoms with Crippen molar-refractivity contribution in [1.29, 1.82) is 0 Å². The van der Waals surface area contributed by atoms with E-state index in [2.05, 4.69) is 24.1 Å². The molecule has 2 aliphatic rings. The average Bonchev–Trinajstić information content (AvgIpc) is 3.05. The Morgan fingerprint density at radius 1 is 1.12 bits per heavy atom. The second-order valence-corrected chi connectivity index (χ2v) is 7.45. The van der Waals surface area contributed by atoms with Crippen molar-refractivity contribution in [1.82, 2.24) is 10.2 Å². The van der Waals surface area contributed by atoms with E-state index in [-0.39, 0.29) is 12.1 Å². The molecule has 2 heterocycles. The lowest BCUT2D eigenvalue weighted by Crippen LogP contribution is -2.52. The number of nitrogens with zero attached hydrogens (tertiary/aromatic N) is 2. The number of nitrogens with two attached hydrogens (primary N) is 1. The van der Waals surface area contributed by atoms with Crippen LogP contribution in [0.15, 0.2) is 24.3 Å². The Kier molecular flexibility index (Phi) is 5.16. The number of urea groups is 1. The van der Waals surface area contributed by atoms with Crippen molar-refractivity contribution in [2.24, 2.45) is 11.7 Å². The number of primary amides is 1. The third-order valence-electron chi connectivity index (χ3n) is 5.40. The number of carbonyl (C=O) groups excluding carboxylic acids is 2. The molecule has 0 aromatic heterocycles. The van der Waals surface area contributed by atoms with Gasteiger partial charge in [0.25, 0.3) is 5.91 Å². The summed E-state index contributed by atoms with van der Waals surface area (Å²) in [4.78, 5) is 28.4. The largest absolute Gasteiger partial charge is 0.369 e. The second kappa shape index (κ2) is 7.33. The van der Waals surface area contributed by atoms with E-state index in [1.165, 1.54) is 6.42 Å². The molecular formula is C19H28N4O2. The molecule has 0 saturated carbocycles. The summed E-state index contributed by atoms with van der Waals surface area (Å²) in [5.41, 5.74) is 6.87. The van der Waals surface area contributed by atoms with E-state index in [4.69, 9.17) is 5.73 Å². The molecule has 0 bridgehead atoms. The van der Waals surface area contributed by atoms with Gasteiger partial charge in [-0.3, -0.25) is 4.79 Å². The van der Waals surface area contributed by atoms with Crippen molar-refractivity contribution >= 4 is 17.6 Å². The first-order valence-electron chi connectivity index (χ1n) is 9.16. The summed E-state index contributed by atoms with van der Waals surface area (Å²) >= 11 is 0. The van der Waals surface area contributed by atoms with Gasteiger partial charge in [0.15, 0.2) is 0 Å². The lowest BCUT2D eigenvalue weighted by atomic mass is 9.95. The zero-order chi connectivity index (χ0) is 18.0. The first-order chi connectivity index (χ1) is 12.0. The van der Waals surface area contributed by atoms with Crippen molar-refractivity contribution < 1.29 is 9.59 Å². The number of anilines is 1. The van der Waals surface area contributed by atoms with Crippen LogP contribution in [0.4, 0.5) is 10.5 Å². The van der Waals surface area contributed by atoms with Gasteiger partial charge < -0.3 is 20.9 Å². The number of rotatable bonds is 3. The lowest BCUT2D eigenvalue weighted by Gasteiger charge is -2.37. The maximum atomic E-state index is 12.7. The molecule has 0 aliphatic carbocycles. The highest BCUT2D eigenvalue weighted by Crippen LogP contribution is 2.25. The fourth-order valence-corrected chi connectivity index (χ4v) is 3.88. The van der Waals surface area contributed by atoms with E-state index in [0.717, 1.165) is 31.6 Å². The number of hydrogen-bond donors (Lipinski definition) is 2. The van der Waals surface area contributed by atoms with Gasteiger partial charge in [0, 0.05) is 37.4 Å². The van der Waals surface area contributed by atoms with Crippen LogP contribution in [0.3, 0.4) is 0 Å². The van der Waals surface area contributed by atoms with Crippen LogP contribution in [0.1, 0.15) is 43.5 Å². The number of para-hydroxylation sites is 1. The topological polar surface area (TPSA) is 78.7 Å². The monoisotopic (exact) mass is 344 g/mol. The molecule has 3 N–H and O–H groups in total. The summed E-state index contributed by atoms with van der Waals surface area (Å²) in [6.07, 6.45) is 3.13. The summed E-state index contributed by atoms with van der Waals surface area (Å²) in [6.45, 7) is 6.66. The van der Waals surface area contributed by atoms with Gasteiger partial charge in [-0.05, 0) is 44.2 Å². The quantitative estimate of drug-likeness (QED) is 0.882. The van der Waals surface area contributed by atoms with Crippen LogP contribution < -0.4 is 16.0 Å². The fourth-order valence-electron chi connectivity index (χ4n) is 3.88. The molecule has 2 aliphatic heterocycles. The SMILES string of the molecule is CC1CCC(C)N(C(=O)NC2CCN(c3ccccc3C(N)=O)C2)C1. The Bertz CT molecular complexity index is 648. The van der Waals surface area contributed by atoms with Crippen molar-refractivity contribution in [3.8, 4) is 0 Å². The van der Waals surface area contributed by atoms with Crippen LogP contribution in [0, 0.1) is 5.92 Å². The summed E-state index contributed by atoms with van der Waals surface area (Å²) in [7, 11) is 0. The molecule has 3 unspecified atom stereocenters. The van der Waals surface area contributed by atoms with Crippen LogP contribution in [0.5, 0.6) is 0 Å². The number of carbonyl (C=O) groups is 2. The zero-order valence-electron chi connectivity index (χ0n) is 15.1. The molecule has 3 amide bonds. The average molecular weight is 344 g/mol. The number of piperidine rings is 1. The second-order valence-electron chi connectivity index (χ2n) is 7.45. The number of hydrogen-bond acceptors (Lipinski definition) is 3. The molecule has 3 atom stereocenters. The van der Waals surface area contributed by atoms with Crippen LogP contribution in [0.25, 0.3) is 0 Å². The lowest BCUT2D eigenvalue weighted by molar-refractivity contribution is 0.100. The first kappa shape index (κ1) is 17.6. The molecule has 136 valence electrons. The molecule has 1 aromatic rings. The van der Waals surface area contributed by atoms with Crippen LogP contribution in [0.2, 0.25) is 0 Å². The van der Waals surface area contributed by atoms with Gasteiger partial charge in [-0.2, -0.15) is 0 Å². The molecular weight excluding hydrogens is 316 g/mol. The zero-order valence-corrected chi connectivity index (χ0v) is 15.1. The van der Waals surface area contributed by atoms with E-state index >= 15 is 0 Å². The predicted molar refractivity (Wildman–Crippen MR) is 98.7 cm³/mol. The van der Waals surface area contributed by atoms with Gasteiger partial charge in [0.05, 0.1) is 5.56 Å². The van der Waals surface area contributed by atoms with Gasteiger partial charge in [-0.25, -0.2) is 4.79 Å². The van der Waals surface area contributed by atoms with Gasteiger partial charge in [0.2, 0.25) is 0 Å². The van der Waals surface area contributed by atoms with Gasteiger partial charge in [-0.15, -0.1) is 0 Å². The number of benzene rings is 1. The van der Waals surface area contributed by atoms with Crippen LogP contribution in [-0.2, 0) is 0 Å². The van der Waals surface area contributed by atoms with E-state index < -0.39 is 5.91 Å². The van der Waals surface area contributed by atoms with Gasteiger partial charge in [-0.1, -0.05) is 19.1 Å². The van der Waals surface area contributed by atoms with Gasteiger partial charge >= 0.3 is 6.03 Å². The molecule has 3 rings (SSSR count). The Morgan fingerprint density at radius 3 is 2.64 bits per heavy atom. The standard InChI is InChI=1S/C19H28N4O2/c1-13-7-8-14(2)23(11-13)19(25)21-15-9-10-22(12-15)17-6-4-3-5-16(17)18(20)24/h3-6,13-15H,7-12H2,1-2H3,(H2,20,24)(H,21,25). The Labute approximate surface area is 149 Å². The highest BCUT2D eigenvalue weighted by Gasteiger charge is 2.31. The third kappa shape index (κ3) is 3.89. The molecule has 0 radical (unpaired) electrons. The minimum Gasteiger partial charge on any atom is -0.369 e. The van der Waals surface area contributed by atoms with Crippen LogP contribution >= 0.6 is 0 Å². The molecule has 1 aromatic carbocycles. The third-order valence-corrected chi connectivity index (χ3v) is 5.40. The smallest absolute Gasteiger partial charge is 0.317 e. The molecule has 25 heavy (non-hydrogen) atoms. The first-order valence-corrected chi connectivity index (χ1v) is 9.16. The van der Waals surface area contributed by atoms with Crippen molar-refractivity contribution in [3.05, 3.63) is 29.8 Å². The fraction of sp³-hybridized carbons (Fsp3) is 0.579. The minimum absolute atomic E-state index is 0.0362. The molecule has 6 heteroatoms. The maximum Gasteiger partial charge on any atom is 0.317 e. The molecule has 2 fully saturated rings. The van der Waals surface area contributed by atoms with Crippen LogP contribution in [-0.4, -0.2) is 48.6 Å². The molecule has 0 spiro atoms. The summed E-state index contributed by atoms with van der Waals surface area (Å²) in [5.74, 6) is 0.142. The molecule has 6 nitrogen and oxygen atoms in total. The number of amides is 3. The highest BCUT2D eigenvalue weighted by atomic mass is 16.2. The van der Waals surface area contributed by atoms with Crippen molar-refractivity contribution in [3.63, 3.8) is 0 Å². The number of likely N-dealkylation sites (tertiary alicyclic amines) is 1. The Morgan fingerprint density at radius 2 is 1.88 bits per heavy atom. The summed E-state index contributed by atoms with van der Waals surface area (Å²) < 4.78 is 0. The summed E-state index contributed by atoms with van der Waals surface area (Å²) in [5, 5.41) is 3.18. The normalized spacial score (nSPS) is 26.6. The maximum absolute atomic E-state index is 12.7. The van der Waals surface area contributed by atoms with E-state index in [0.29, 0.717) is 24.1 Å². The summed E-state index contributed by atoms with van der Waals surface area (Å²) in [6, 6.07) is 7.82. The minimum atomic E-state index is -0.417. The van der Waals surface area contributed by atoms with Gasteiger partial charge in [0.1, 0.15) is 0 Å². The Balaban J connectivity index is 1.62. The van der Waals surface area contributed by atoms with Crippen molar-refractivity contribution in [2.75, 3.05) is 24.5 Å². The van der Waals surface area contributed by atoms with E-state index in [9.17, 15) is 9.59 Å². The van der Waals surface area contributed by atoms with Crippen molar-refractivity contribution in [2.45, 2.75) is 45.2 Å². The number of nitrogens with one attached hydrogen (secondary N) is 1. The molecule has 2 saturated heterocycles. The van der Waals surface area contributed by atoms with E-state index in [1.54, 1.807) is 6.07 Å². The van der Waals surface area contributed by atoms with E-state index in [1.807, 2.05) is 23.1 Å². The highest BCUT2D eigenvalue weighted by molar-refractivity contribution is 5.98.